The topological polar surface area (TPSA) is 0 Å². The number of aryl methyl sites for hydroxylation is 3. The minimum absolute atomic E-state index is 0.826. The summed E-state index contributed by atoms with van der Waals surface area (Å²) in [6.45, 7) is 6.62. The van der Waals surface area contributed by atoms with Crippen molar-refractivity contribution in [1.82, 2.24) is 0 Å². The third kappa shape index (κ3) is 5.46. The van der Waals surface area contributed by atoms with Crippen molar-refractivity contribution in [2.24, 2.45) is 0 Å². The quantitative estimate of drug-likeness (QED) is 0.246. The molecule has 4 aromatic carbocycles. The van der Waals surface area contributed by atoms with E-state index in [4.69, 9.17) is 17.0 Å². The van der Waals surface area contributed by atoms with E-state index in [9.17, 15) is 0 Å². The van der Waals surface area contributed by atoms with Gasteiger partial charge < -0.3 is 0 Å². The second-order valence-corrected chi connectivity index (χ2v) is 11.2. The maximum absolute atomic E-state index is 4.93. The molecule has 3 heteroatoms. The Labute approximate surface area is 192 Å². The first-order valence-electron chi connectivity index (χ1n) is 9.90. The van der Waals surface area contributed by atoms with Gasteiger partial charge in [-0.1, -0.05) is 84.6 Å². The summed E-state index contributed by atoms with van der Waals surface area (Å²) in [7, 11) is 9.87. The Bertz CT molecular complexity index is 1060. The fourth-order valence-electron chi connectivity index (χ4n) is 4.07. The van der Waals surface area contributed by atoms with Crippen LogP contribution in [0.1, 0.15) is 30.0 Å². The third-order valence-electron chi connectivity index (χ3n) is 5.08. The fraction of sp³-hybridized carbons (Fsp3) is 0.192. The molecule has 29 heavy (non-hydrogen) atoms. The van der Waals surface area contributed by atoms with Gasteiger partial charge in [-0.15, -0.1) is 28.5 Å². The van der Waals surface area contributed by atoms with Crippen molar-refractivity contribution < 1.29 is 20.8 Å². The van der Waals surface area contributed by atoms with E-state index in [0.717, 1.165) is 6.42 Å². The first-order chi connectivity index (χ1) is 14.1. The van der Waals surface area contributed by atoms with E-state index in [2.05, 4.69) is 93.6 Å². The number of hydrogen-bond acceptors (Lipinski definition) is 0. The molecule has 0 spiro atoms. The SMILES string of the molecule is CCCc1cc2c(-c3cc(C)cc(C)c3)c(-c3ccccc3)ccc2[cH-]1.[Cl][Zr][Cl]. The van der Waals surface area contributed by atoms with Gasteiger partial charge in [-0.05, 0) is 37.0 Å². The van der Waals surface area contributed by atoms with Gasteiger partial charge in [-0.25, -0.2) is 0 Å². The van der Waals surface area contributed by atoms with E-state index in [1.54, 1.807) is 0 Å². The molecule has 0 bridgehead atoms. The zero-order chi connectivity index (χ0) is 20.8. The van der Waals surface area contributed by atoms with E-state index >= 15 is 0 Å². The number of benzene rings is 3. The zero-order valence-electron chi connectivity index (χ0n) is 17.1. The van der Waals surface area contributed by atoms with Crippen molar-refractivity contribution in [1.29, 1.82) is 0 Å². The van der Waals surface area contributed by atoms with E-state index in [1.807, 2.05) is 0 Å². The Morgan fingerprint density at radius 1 is 0.828 bits per heavy atom. The predicted octanol–water partition coefficient (Wildman–Crippen LogP) is 8.84. The monoisotopic (exact) mass is 497 g/mol. The molecule has 0 aliphatic carbocycles. The van der Waals surface area contributed by atoms with Crippen LogP contribution in [0.25, 0.3) is 33.0 Å². The van der Waals surface area contributed by atoms with Gasteiger partial charge in [0.25, 0.3) is 0 Å². The Kier molecular flexibility index (Phi) is 8.25. The molecule has 0 aliphatic rings. The van der Waals surface area contributed by atoms with E-state index in [0.29, 0.717) is 0 Å². The van der Waals surface area contributed by atoms with Gasteiger partial charge in [0.2, 0.25) is 0 Å². The number of halogens is 2. The average molecular weight is 500 g/mol. The molecule has 0 radical (unpaired) electrons. The van der Waals surface area contributed by atoms with Crippen molar-refractivity contribution in [2.75, 3.05) is 0 Å². The summed E-state index contributed by atoms with van der Waals surface area (Å²) in [5.41, 5.74) is 9.35. The molecule has 0 N–H and O–H groups in total. The molecular weight excluding hydrogens is 474 g/mol. The molecule has 4 aromatic rings. The Morgan fingerprint density at radius 2 is 1.48 bits per heavy atom. The van der Waals surface area contributed by atoms with Crippen LogP contribution < -0.4 is 0 Å². The molecule has 0 heterocycles. The van der Waals surface area contributed by atoms with Crippen LogP contribution in [0, 0.1) is 13.8 Å². The molecule has 0 saturated carbocycles. The predicted molar refractivity (Wildman–Crippen MR) is 126 cm³/mol. The van der Waals surface area contributed by atoms with Crippen LogP contribution in [-0.4, -0.2) is 0 Å². The molecule has 0 saturated heterocycles. The van der Waals surface area contributed by atoms with Crippen LogP contribution in [0.5, 0.6) is 0 Å². The van der Waals surface area contributed by atoms with Gasteiger partial charge in [0, 0.05) is 0 Å². The third-order valence-corrected chi connectivity index (χ3v) is 5.08. The summed E-state index contributed by atoms with van der Waals surface area (Å²) in [6, 6.07) is 27.0. The van der Waals surface area contributed by atoms with Crippen LogP contribution >= 0.6 is 17.0 Å². The fourth-order valence-corrected chi connectivity index (χ4v) is 4.07. The van der Waals surface area contributed by atoms with Gasteiger partial charge in [0.1, 0.15) is 0 Å². The van der Waals surface area contributed by atoms with E-state index in [-0.39, 0.29) is 0 Å². The number of fused-ring (bicyclic) bond motifs is 1. The minimum atomic E-state index is -0.826. The molecule has 0 amide bonds. The normalized spacial score (nSPS) is 10.5. The van der Waals surface area contributed by atoms with Crippen LogP contribution in [-0.2, 0) is 27.3 Å². The molecule has 0 nitrogen and oxygen atoms in total. The van der Waals surface area contributed by atoms with Gasteiger partial charge >= 0.3 is 37.9 Å². The summed E-state index contributed by atoms with van der Waals surface area (Å²) in [6.07, 6.45) is 2.32. The number of hydrogen-bond donors (Lipinski definition) is 0. The summed E-state index contributed by atoms with van der Waals surface area (Å²) >= 11 is -0.826. The second-order valence-electron chi connectivity index (χ2n) is 7.42. The molecule has 0 aromatic heterocycles. The Balaban J connectivity index is 0.000000755. The van der Waals surface area contributed by atoms with Gasteiger partial charge in [-0.3, -0.25) is 0 Å². The standard InChI is InChI=1S/C26H25.2ClH.Zr/c1-4-8-20-16-22-11-12-24(21-9-6-5-7-10-21)26(25(22)17-20)23-14-18(2)13-19(3)15-23;;;/h5-7,9-17H,4,8H2,1-3H3;2*1H;/q-1;;;+2/p-2. The molecule has 0 unspecified atom stereocenters. The summed E-state index contributed by atoms with van der Waals surface area (Å²) in [4.78, 5) is 0. The molecular formula is C26H25Cl2Zr-. The first-order valence-corrected chi connectivity index (χ1v) is 16.2. The van der Waals surface area contributed by atoms with E-state index in [1.165, 1.54) is 56.1 Å². The van der Waals surface area contributed by atoms with Crippen LogP contribution in [0.3, 0.4) is 0 Å². The van der Waals surface area contributed by atoms with Crippen LogP contribution in [0.2, 0.25) is 0 Å². The molecule has 4 rings (SSSR count). The van der Waals surface area contributed by atoms with Gasteiger partial charge in [0.05, 0.1) is 0 Å². The van der Waals surface area contributed by atoms with Crippen molar-refractivity contribution in [3.05, 3.63) is 89.5 Å². The number of rotatable bonds is 4. The molecule has 0 aliphatic heterocycles. The van der Waals surface area contributed by atoms with Crippen LogP contribution in [0.15, 0.2) is 72.8 Å². The zero-order valence-corrected chi connectivity index (χ0v) is 21.1. The van der Waals surface area contributed by atoms with Gasteiger partial charge in [-0.2, -0.15) is 6.07 Å². The van der Waals surface area contributed by atoms with Crippen molar-refractivity contribution >= 4 is 27.8 Å². The van der Waals surface area contributed by atoms with Crippen molar-refractivity contribution in [2.45, 2.75) is 33.6 Å². The molecule has 0 atom stereocenters. The maximum atomic E-state index is 4.93. The Hall–Kier alpha value is -1.27. The summed E-state index contributed by atoms with van der Waals surface area (Å²) in [5.74, 6) is 0. The Morgan fingerprint density at radius 3 is 2.10 bits per heavy atom. The first kappa shape index (κ1) is 22.4. The van der Waals surface area contributed by atoms with Crippen LogP contribution in [0.4, 0.5) is 0 Å². The van der Waals surface area contributed by atoms with Crippen molar-refractivity contribution in [3.63, 3.8) is 0 Å². The van der Waals surface area contributed by atoms with Gasteiger partial charge in [0.15, 0.2) is 0 Å². The van der Waals surface area contributed by atoms with E-state index < -0.39 is 20.8 Å². The average Bonchev–Trinajstić information content (AvgIpc) is 3.10. The molecule has 148 valence electrons. The molecule has 0 fully saturated rings. The summed E-state index contributed by atoms with van der Waals surface area (Å²) < 4.78 is 0. The van der Waals surface area contributed by atoms with Crippen molar-refractivity contribution in [3.8, 4) is 22.3 Å². The second kappa shape index (κ2) is 10.7. The summed E-state index contributed by atoms with van der Waals surface area (Å²) in [5, 5.41) is 2.72.